The van der Waals surface area contributed by atoms with E-state index in [-0.39, 0.29) is 23.9 Å². The largest absolute Gasteiger partial charge is 0.463 e. The smallest absolute Gasteiger partial charge is 0.316 e. The average molecular weight is 430 g/mol. The lowest BCUT2D eigenvalue weighted by Gasteiger charge is -2.25. The van der Waals surface area contributed by atoms with Gasteiger partial charge in [0.2, 0.25) is 0 Å². The second-order valence-electron chi connectivity index (χ2n) is 8.87. The van der Waals surface area contributed by atoms with Crippen molar-refractivity contribution in [2.45, 2.75) is 52.1 Å². The molecule has 3 aromatic rings. The fraction of sp³-hybridized carbons (Fsp3) is 0.400. The second kappa shape index (κ2) is 8.30. The van der Waals surface area contributed by atoms with Crippen LogP contribution in [0.5, 0.6) is 6.01 Å². The molecule has 2 bridgehead atoms. The van der Waals surface area contributed by atoms with Gasteiger partial charge in [-0.3, -0.25) is 4.79 Å². The van der Waals surface area contributed by atoms with Gasteiger partial charge in [0.05, 0.1) is 12.2 Å². The molecule has 2 aliphatic heterocycles. The van der Waals surface area contributed by atoms with Crippen LogP contribution in [0.1, 0.15) is 46.6 Å². The SMILES string of the molecule is Cc1ccc(-c2ncccn2)c(C(=O)N2C3CCC2C(COc2nc(C)cc(C)n2)C3)c1. The lowest BCUT2D eigenvalue weighted by Crippen LogP contribution is -2.37. The number of ether oxygens (including phenoxy) is 1. The van der Waals surface area contributed by atoms with Gasteiger partial charge < -0.3 is 9.64 Å². The van der Waals surface area contributed by atoms with E-state index < -0.39 is 0 Å². The first kappa shape index (κ1) is 20.5. The minimum absolute atomic E-state index is 0.0637. The van der Waals surface area contributed by atoms with E-state index in [2.05, 4.69) is 24.8 Å². The Morgan fingerprint density at radius 1 is 1.06 bits per heavy atom. The van der Waals surface area contributed by atoms with E-state index in [0.29, 0.717) is 24.0 Å². The zero-order chi connectivity index (χ0) is 22.2. The Labute approximate surface area is 187 Å². The topological polar surface area (TPSA) is 81.1 Å². The molecule has 0 N–H and O–H groups in total. The summed E-state index contributed by atoms with van der Waals surface area (Å²) in [5, 5.41) is 0. The number of nitrogens with zero attached hydrogens (tertiary/aromatic N) is 5. The number of amides is 1. The number of carbonyl (C=O) groups is 1. The maximum absolute atomic E-state index is 13.8. The summed E-state index contributed by atoms with van der Waals surface area (Å²) in [4.78, 5) is 33.4. The van der Waals surface area contributed by atoms with E-state index >= 15 is 0 Å². The molecule has 5 rings (SSSR count). The normalized spacial score (nSPS) is 21.7. The third-order valence-corrected chi connectivity index (χ3v) is 6.50. The van der Waals surface area contributed by atoms with E-state index in [4.69, 9.17) is 4.74 Å². The summed E-state index contributed by atoms with van der Waals surface area (Å²) < 4.78 is 5.97. The molecule has 2 saturated heterocycles. The Bertz CT molecular complexity index is 1130. The fourth-order valence-corrected chi connectivity index (χ4v) is 5.16. The molecule has 0 saturated carbocycles. The molecular formula is C25H27N5O2. The second-order valence-corrected chi connectivity index (χ2v) is 8.87. The molecule has 3 atom stereocenters. The van der Waals surface area contributed by atoms with Crippen LogP contribution in [0.2, 0.25) is 0 Å². The monoisotopic (exact) mass is 429 g/mol. The van der Waals surface area contributed by atoms with E-state index in [1.807, 2.05) is 45.0 Å². The van der Waals surface area contributed by atoms with Crippen LogP contribution in [0.4, 0.5) is 0 Å². The fourth-order valence-electron chi connectivity index (χ4n) is 5.16. The number of benzene rings is 1. The van der Waals surface area contributed by atoms with Gasteiger partial charge in [0, 0.05) is 47.3 Å². The van der Waals surface area contributed by atoms with E-state index in [9.17, 15) is 4.79 Å². The van der Waals surface area contributed by atoms with E-state index in [1.165, 1.54) is 0 Å². The van der Waals surface area contributed by atoms with Gasteiger partial charge in [-0.15, -0.1) is 0 Å². The van der Waals surface area contributed by atoms with Crippen LogP contribution in [0.3, 0.4) is 0 Å². The van der Waals surface area contributed by atoms with Crippen LogP contribution in [0, 0.1) is 26.7 Å². The molecule has 0 radical (unpaired) electrons. The number of hydrogen-bond acceptors (Lipinski definition) is 6. The molecule has 2 aromatic heterocycles. The van der Waals surface area contributed by atoms with Crippen molar-refractivity contribution in [2.24, 2.45) is 5.92 Å². The van der Waals surface area contributed by atoms with E-state index in [1.54, 1.807) is 18.5 Å². The van der Waals surface area contributed by atoms with Crippen LogP contribution in [-0.2, 0) is 0 Å². The maximum Gasteiger partial charge on any atom is 0.316 e. The maximum atomic E-state index is 13.8. The Kier molecular flexibility index (Phi) is 5.33. The Morgan fingerprint density at radius 3 is 2.56 bits per heavy atom. The summed E-state index contributed by atoms with van der Waals surface area (Å²) >= 11 is 0. The van der Waals surface area contributed by atoms with Crippen LogP contribution < -0.4 is 4.74 Å². The highest BCUT2D eigenvalue weighted by Gasteiger charge is 2.49. The van der Waals surface area contributed by atoms with Crippen molar-refractivity contribution in [3.63, 3.8) is 0 Å². The molecular weight excluding hydrogens is 402 g/mol. The van der Waals surface area contributed by atoms with Gasteiger partial charge in [-0.2, -0.15) is 0 Å². The molecule has 32 heavy (non-hydrogen) atoms. The first-order chi connectivity index (χ1) is 15.5. The van der Waals surface area contributed by atoms with Crippen molar-refractivity contribution in [1.29, 1.82) is 0 Å². The van der Waals surface area contributed by atoms with Gasteiger partial charge in [-0.05, 0) is 58.2 Å². The Hall–Kier alpha value is -3.35. The number of carbonyl (C=O) groups excluding carboxylic acids is 1. The molecule has 4 heterocycles. The zero-order valence-electron chi connectivity index (χ0n) is 18.7. The van der Waals surface area contributed by atoms with Gasteiger partial charge in [-0.1, -0.05) is 17.7 Å². The molecule has 2 fully saturated rings. The van der Waals surface area contributed by atoms with Crippen molar-refractivity contribution in [3.05, 3.63) is 65.2 Å². The number of rotatable bonds is 5. The van der Waals surface area contributed by atoms with Crippen molar-refractivity contribution < 1.29 is 9.53 Å². The number of hydrogen-bond donors (Lipinski definition) is 0. The molecule has 7 nitrogen and oxygen atoms in total. The minimum Gasteiger partial charge on any atom is -0.463 e. The molecule has 0 aliphatic carbocycles. The summed E-state index contributed by atoms with van der Waals surface area (Å²) in [7, 11) is 0. The van der Waals surface area contributed by atoms with Gasteiger partial charge in [0.25, 0.3) is 5.91 Å². The molecule has 7 heteroatoms. The third kappa shape index (κ3) is 3.83. The van der Waals surface area contributed by atoms with Crippen molar-refractivity contribution in [1.82, 2.24) is 24.8 Å². The number of fused-ring (bicyclic) bond motifs is 2. The van der Waals surface area contributed by atoms with Crippen LogP contribution in [-0.4, -0.2) is 49.4 Å². The van der Waals surface area contributed by atoms with Gasteiger partial charge in [0.1, 0.15) is 0 Å². The highest BCUT2D eigenvalue weighted by Crippen LogP contribution is 2.43. The summed E-state index contributed by atoms with van der Waals surface area (Å²) in [5.41, 5.74) is 4.29. The first-order valence-corrected chi connectivity index (χ1v) is 11.2. The molecule has 1 amide bonds. The molecule has 164 valence electrons. The number of aromatic nitrogens is 4. The van der Waals surface area contributed by atoms with Gasteiger partial charge >= 0.3 is 6.01 Å². The molecule has 1 aromatic carbocycles. The standard InChI is InChI=1S/C25H27N5O2/c1-15-5-7-20(23-26-9-4-10-27-23)21(11-15)24(31)30-19-6-8-22(30)18(13-19)14-32-25-28-16(2)12-17(3)29-25/h4-5,7,9-12,18-19,22H,6,8,13-14H2,1-3H3. The van der Waals surface area contributed by atoms with Crippen LogP contribution in [0.15, 0.2) is 42.7 Å². The summed E-state index contributed by atoms with van der Waals surface area (Å²) in [6, 6.07) is 10.5. The van der Waals surface area contributed by atoms with Gasteiger partial charge in [-0.25, -0.2) is 19.9 Å². The summed E-state index contributed by atoms with van der Waals surface area (Å²) in [5.74, 6) is 0.923. The Balaban J connectivity index is 1.37. The lowest BCUT2D eigenvalue weighted by molar-refractivity contribution is 0.0710. The predicted octanol–water partition coefficient (Wildman–Crippen LogP) is 3.93. The lowest BCUT2D eigenvalue weighted by atomic mass is 9.90. The third-order valence-electron chi connectivity index (χ3n) is 6.50. The van der Waals surface area contributed by atoms with E-state index in [0.717, 1.165) is 41.8 Å². The zero-order valence-corrected chi connectivity index (χ0v) is 18.7. The highest BCUT2D eigenvalue weighted by atomic mass is 16.5. The first-order valence-electron chi connectivity index (χ1n) is 11.2. The highest BCUT2D eigenvalue weighted by molar-refractivity contribution is 6.01. The Morgan fingerprint density at radius 2 is 1.81 bits per heavy atom. The van der Waals surface area contributed by atoms with Gasteiger partial charge in [0.15, 0.2) is 5.82 Å². The van der Waals surface area contributed by atoms with Crippen molar-refractivity contribution >= 4 is 5.91 Å². The minimum atomic E-state index is 0.0637. The van der Waals surface area contributed by atoms with Crippen molar-refractivity contribution in [2.75, 3.05) is 6.61 Å². The summed E-state index contributed by atoms with van der Waals surface area (Å²) in [6.07, 6.45) is 6.40. The van der Waals surface area contributed by atoms with Crippen LogP contribution in [0.25, 0.3) is 11.4 Å². The van der Waals surface area contributed by atoms with Crippen molar-refractivity contribution in [3.8, 4) is 17.4 Å². The van der Waals surface area contributed by atoms with Crippen LogP contribution >= 0.6 is 0 Å². The molecule has 2 aliphatic rings. The quantitative estimate of drug-likeness (QED) is 0.611. The number of aryl methyl sites for hydroxylation is 3. The summed E-state index contributed by atoms with van der Waals surface area (Å²) in [6.45, 7) is 6.41. The average Bonchev–Trinajstić information content (AvgIpc) is 3.35. The molecule has 0 spiro atoms. The predicted molar refractivity (Wildman–Crippen MR) is 120 cm³/mol. The molecule has 3 unspecified atom stereocenters.